The topological polar surface area (TPSA) is 16.1 Å². The Morgan fingerprint density at radius 2 is 0.960 bits per heavy atom. The molecule has 0 unspecified atom stereocenters. The van der Waals surface area contributed by atoms with Crippen LogP contribution in [-0.4, -0.2) is 4.98 Å². The quantitative estimate of drug-likeness (QED) is 0.172. The van der Waals surface area contributed by atoms with E-state index in [0.29, 0.717) is 0 Å². The Bertz CT molecular complexity index is 2850. The SMILES string of the molecule is c1ccc(-c2ccc(N(c3ccc(-c4ccc5ccc6ccc7ccccc7c6c5c4)cc3)c3ccnc4sc5ccccc5c34)cc2)cc1. The van der Waals surface area contributed by atoms with Crippen molar-refractivity contribution >= 4 is 81.0 Å². The van der Waals surface area contributed by atoms with Crippen LogP contribution in [0.25, 0.3) is 74.9 Å². The summed E-state index contributed by atoms with van der Waals surface area (Å²) in [5.74, 6) is 0. The van der Waals surface area contributed by atoms with Gasteiger partial charge in [-0.25, -0.2) is 4.98 Å². The van der Waals surface area contributed by atoms with Gasteiger partial charge in [0.1, 0.15) is 4.83 Å². The highest BCUT2D eigenvalue weighted by Crippen LogP contribution is 2.44. The Morgan fingerprint density at radius 1 is 0.400 bits per heavy atom. The lowest BCUT2D eigenvalue weighted by Crippen LogP contribution is -2.10. The van der Waals surface area contributed by atoms with Gasteiger partial charge < -0.3 is 4.90 Å². The third kappa shape index (κ3) is 4.74. The minimum absolute atomic E-state index is 1.04. The standard InChI is InChI=1S/C47H30N2S/c1-2-8-31(9-3-1)32-20-24-38(25-21-32)49(43-28-29-48-47-46(43)41-12-6-7-13-44(41)50-47)39-26-22-33(23-27-39)37-19-16-35-15-18-36-17-14-34-10-4-5-11-40(34)45(36)42(35)30-37/h1-30H. The number of aromatic nitrogens is 1. The lowest BCUT2D eigenvalue weighted by atomic mass is 9.94. The molecular weight excluding hydrogens is 625 g/mol. The summed E-state index contributed by atoms with van der Waals surface area (Å²) in [6.45, 7) is 0. The van der Waals surface area contributed by atoms with Crippen LogP contribution in [-0.2, 0) is 0 Å². The molecule has 0 atom stereocenters. The first-order valence-corrected chi connectivity index (χ1v) is 17.8. The van der Waals surface area contributed by atoms with E-state index in [1.165, 1.54) is 70.0 Å². The number of fused-ring (bicyclic) bond motifs is 8. The number of nitrogens with zero attached hydrogens (tertiary/aromatic N) is 2. The molecule has 2 aromatic heterocycles. The molecule has 8 aromatic carbocycles. The molecule has 0 spiro atoms. The smallest absolute Gasteiger partial charge is 0.126 e. The second-order valence-electron chi connectivity index (χ2n) is 12.8. The van der Waals surface area contributed by atoms with Crippen LogP contribution in [0.1, 0.15) is 0 Å². The molecule has 0 bridgehead atoms. The third-order valence-electron chi connectivity index (χ3n) is 9.92. The molecule has 0 radical (unpaired) electrons. The lowest BCUT2D eigenvalue weighted by Gasteiger charge is -2.26. The predicted molar refractivity (Wildman–Crippen MR) is 215 cm³/mol. The summed E-state index contributed by atoms with van der Waals surface area (Å²) < 4.78 is 1.24. The van der Waals surface area contributed by atoms with Crippen LogP contribution in [0.15, 0.2) is 182 Å². The Morgan fingerprint density at radius 3 is 1.72 bits per heavy atom. The van der Waals surface area contributed by atoms with Gasteiger partial charge in [-0.05, 0) is 97.0 Å². The second kappa shape index (κ2) is 11.7. The zero-order chi connectivity index (χ0) is 33.0. The van der Waals surface area contributed by atoms with Crippen molar-refractivity contribution < 1.29 is 0 Å². The zero-order valence-corrected chi connectivity index (χ0v) is 27.9. The van der Waals surface area contributed by atoms with Crippen LogP contribution < -0.4 is 4.90 Å². The van der Waals surface area contributed by atoms with Gasteiger partial charge in [0, 0.05) is 33.0 Å². The van der Waals surface area contributed by atoms with Gasteiger partial charge in [0.2, 0.25) is 0 Å². The number of hydrogen-bond acceptors (Lipinski definition) is 3. The highest BCUT2D eigenvalue weighted by Gasteiger charge is 2.19. The number of anilines is 3. The van der Waals surface area contributed by atoms with Gasteiger partial charge in [-0.3, -0.25) is 0 Å². The van der Waals surface area contributed by atoms with Crippen LogP contribution in [0.3, 0.4) is 0 Å². The fourth-order valence-corrected chi connectivity index (χ4v) is 8.55. The minimum atomic E-state index is 1.04. The maximum Gasteiger partial charge on any atom is 0.126 e. The van der Waals surface area contributed by atoms with Gasteiger partial charge in [-0.2, -0.15) is 0 Å². The van der Waals surface area contributed by atoms with Crippen LogP contribution in [0.4, 0.5) is 17.1 Å². The highest BCUT2D eigenvalue weighted by molar-refractivity contribution is 7.25. The van der Waals surface area contributed by atoms with E-state index >= 15 is 0 Å². The molecule has 0 amide bonds. The molecule has 2 heterocycles. The maximum atomic E-state index is 4.81. The van der Waals surface area contributed by atoms with Crippen LogP contribution in [0, 0.1) is 0 Å². The van der Waals surface area contributed by atoms with Crippen molar-refractivity contribution in [2.75, 3.05) is 4.90 Å². The van der Waals surface area contributed by atoms with Crippen molar-refractivity contribution in [1.82, 2.24) is 4.98 Å². The maximum absolute atomic E-state index is 4.81. The predicted octanol–water partition coefficient (Wildman–Crippen LogP) is 13.7. The average Bonchev–Trinajstić information content (AvgIpc) is 3.58. The number of benzene rings is 8. The first-order chi connectivity index (χ1) is 24.8. The summed E-state index contributed by atoms with van der Waals surface area (Å²) in [5.41, 5.74) is 8.12. The van der Waals surface area contributed by atoms with Gasteiger partial charge in [0.05, 0.1) is 5.69 Å². The molecule has 0 aliphatic carbocycles. The molecule has 0 saturated carbocycles. The Balaban J connectivity index is 1.12. The monoisotopic (exact) mass is 654 g/mol. The summed E-state index contributed by atoms with van der Waals surface area (Å²) in [6.07, 6.45) is 1.94. The molecule has 234 valence electrons. The summed E-state index contributed by atoms with van der Waals surface area (Å²) in [4.78, 5) is 8.23. The molecule has 2 nitrogen and oxygen atoms in total. The summed E-state index contributed by atoms with van der Waals surface area (Å²) in [7, 11) is 0. The molecule has 0 saturated heterocycles. The van der Waals surface area contributed by atoms with Crippen LogP contribution in [0.2, 0.25) is 0 Å². The number of rotatable bonds is 5. The number of hydrogen-bond donors (Lipinski definition) is 0. The lowest BCUT2D eigenvalue weighted by molar-refractivity contribution is 1.29. The van der Waals surface area contributed by atoms with Crippen molar-refractivity contribution in [2.45, 2.75) is 0 Å². The molecule has 3 heteroatoms. The van der Waals surface area contributed by atoms with E-state index in [-0.39, 0.29) is 0 Å². The van der Waals surface area contributed by atoms with E-state index in [0.717, 1.165) is 21.9 Å². The molecule has 10 rings (SSSR count). The third-order valence-corrected chi connectivity index (χ3v) is 11.0. The largest absolute Gasteiger partial charge is 0.310 e. The van der Waals surface area contributed by atoms with Crippen molar-refractivity contribution in [3.63, 3.8) is 0 Å². The molecule has 0 aliphatic rings. The van der Waals surface area contributed by atoms with Gasteiger partial charge in [-0.15, -0.1) is 11.3 Å². The Labute approximate surface area is 294 Å². The van der Waals surface area contributed by atoms with Gasteiger partial charge >= 0.3 is 0 Å². The average molecular weight is 655 g/mol. The first-order valence-electron chi connectivity index (χ1n) is 17.0. The fourth-order valence-electron chi connectivity index (χ4n) is 7.49. The highest BCUT2D eigenvalue weighted by atomic mass is 32.1. The summed E-state index contributed by atoms with van der Waals surface area (Å²) >= 11 is 1.75. The van der Waals surface area contributed by atoms with Crippen molar-refractivity contribution in [3.8, 4) is 22.3 Å². The van der Waals surface area contributed by atoms with Crippen molar-refractivity contribution in [3.05, 3.63) is 182 Å². The van der Waals surface area contributed by atoms with Crippen molar-refractivity contribution in [2.24, 2.45) is 0 Å². The summed E-state index contributed by atoms with van der Waals surface area (Å²) in [5, 5.41) is 10.1. The minimum Gasteiger partial charge on any atom is -0.310 e. The summed E-state index contributed by atoms with van der Waals surface area (Å²) in [6, 6.07) is 63.8. The molecule has 10 aromatic rings. The van der Waals surface area contributed by atoms with Crippen molar-refractivity contribution in [1.29, 1.82) is 0 Å². The van der Waals surface area contributed by atoms with Gasteiger partial charge in [-0.1, -0.05) is 133 Å². The van der Waals surface area contributed by atoms with E-state index < -0.39 is 0 Å². The number of thiophene rings is 1. The first kappa shape index (κ1) is 28.7. The van der Waals surface area contributed by atoms with E-state index in [1.807, 2.05) is 6.20 Å². The fraction of sp³-hybridized carbons (Fsp3) is 0. The van der Waals surface area contributed by atoms with Crippen LogP contribution in [0.5, 0.6) is 0 Å². The molecular formula is C47H30N2S. The number of pyridine rings is 1. The Kier molecular flexibility index (Phi) is 6.71. The van der Waals surface area contributed by atoms with E-state index in [9.17, 15) is 0 Å². The second-order valence-corrected chi connectivity index (χ2v) is 13.8. The van der Waals surface area contributed by atoms with Gasteiger partial charge in [0.15, 0.2) is 0 Å². The molecule has 0 fully saturated rings. The normalized spacial score (nSPS) is 11.6. The molecule has 0 N–H and O–H groups in total. The Hall–Kier alpha value is -6.29. The zero-order valence-electron chi connectivity index (χ0n) is 27.1. The van der Waals surface area contributed by atoms with Crippen LogP contribution >= 0.6 is 11.3 Å². The molecule has 50 heavy (non-hydrogen) atoms. The van der Waals surface area contributed by atoms with E-state index in [2.05, 4.69) is 181 Å². The van der Waals surface area contributed by atoms with E-state index in [1.54, 1.807) is 11.3 Å². The molecule has 0 aliphatic heterocycles. The van der Waals surface area contributed by atoms with Gasteiger partial charge in [0.25, 0.3) is 0 Å². The van der Waals surface area contributed by atoms with E-state index in [4.69, 9.17) is 4.98 Å².